The minimum atomic E-state index is -0.575. The fourth-order valence-electron chi connectivity index (χ4n) is 4.05. The summed E-state index contributed by atoms with van der Waals surface area (Å²) in [7, 11) is 0. The summed E-state index contributed by atoms with van der Waals surface area (Å²) in [4.78, 5) is 28.0. The molecule has 2 aromatic carbocycles. The number of aryl methyl sites for hydroxylation is 2. The summed E-state index contributed by atoms with van der Waals surface area (Å²) < 4.78 is 6.27. The minimum Gasteiger partial charge on any atom is -0.487 e. The van der Waals surface area contributed by atoms with E-state index in [1.807, 2.05) is 19.1 Å². The number of ether oxygens (including phenoxy) is 1. The highest BCUT2D eigenvalue weighted by Gasteiger charge is 2.27. The summed E-state index contributed by atoms with van der Waals surface area (Å²) in [5, 5.41) is 6.57. The zero-order valence-corrected chi connectivity index (χ0v) is 18.3. The van der Waals surface area contributed by atoms with Gasteiger partial charge in [-0.3, -0.25) is 14.6 Å². The van der Waals surface area contributed by atoms with Gasteiger partial charge in [-0.05, 0) is 61.7 Å². The molecule has 3 aromatic rings. The van der Waals surface area contributed by atoms with Gasteiger partial charge in [0.2, 0.25) is 11.8 Å². The molecule has 2 amide bonds. The number of hydrogen-bond acceptors (Lipinski definition) is 4. The van der Waals surface area contributed by atoms with Crippen LogP contribution in [0.25, 0.3) is 22.0 Å². The van der Waals surface area contributed by atoms with Crippen LogP contribution in [0.4, 0.5) is 0 Å². The Morgan fingerprint density at radius 3 is 2.74 bits per heavy atom. The highest BCUT2D eigenvalue weighted by atomic mass is 16.5. The number of carbonyl (C=O) groups excluding carboxylic acids is 2. The van der Waals surface area contributed by atoms with Gasteiger partial charge in [-0.15, -0.1) is 0 Å². The Balaban J connectivity index is 1.54. The molecule has 1 aromatic heterocycles. The van der Waals surface area contributed by atoms with Crippen molar-refractivity contribution < 1.29 is 14.3 Å². The normalized spacial score (nSPS) is 15.8. The van der Waals surface area contributed by atoms with Crippen LogP contribution in [-0.4, -0.2) is 35.5 Å². The fourth-order valence-corrected chi connectivity index (χ4v) is 4.05. The summed E-state index contributed by atoms with van der Waals surface area (Å²) in [6.45, 7) is 7.52. The molecule has 4 rings (SSSR count). The van der Waals surface area contributed by atoms with E-state index in [-0.39, 0.29) is 17.9 Å². The molecule has 0 saturated heterocycles. The molecule has 0 fully saturated rings. The molecule has 1 aliphatic rings. The maximum atomic E-state index is 12.2. The Morgan fingerprint density at radius 1 is 1.16 bits per heavy atom. The second kappa shape index (κ2) is 8.38. The Hall–Kier alpha value is -3.41. The lowest BCUT2D eigenvalue weighted by Crippen LogP contribution is -2.46. The average molecular weight is 418 g/mol. The van der Waals surface area contributed by atoms with Crippen molar-refractivity contribution in [2.24, 2.45) is 0 Å². The number of pyridine rings is 1. The van der Waals surface area contributed by atoms with Gasteiger partial charge in [0.05, 0.1) is 12.1 Å². The molecule has 6 heteroatoms. The number of fused-ring (bicyclic) bond motifs is 2. The lowest BCUT2D eigenvalue weighted by atomic mass is 9.96. The van der Waals surface area contributed by atoms with Crippen LogP contribution in [0, 0.1) is 13.8 Å². The summed E-state index contributed by atoms with van der Waals surface area (Å²) >= 11 is 0. The zero-order valence-electron chi connectivity index (χ0n) is 18.3. The molecule has 6 nitrogen and oxygen atoms in total. The van der Waals surface area contributed by atoms with E-state index in [0.29, 0.717) is 6.54 Å². The largest absolute Gasteiger partial charge is 0.487 e. The van der Waals surface area contributed by atoms with E-state index in [1.165, 1.54) is 12.5 Å². The first-order valence-corrected chi connectivity index (χ1v) is 10.5. The third-order valence-electron chi connectivity index (χ3n) is 5.50. The van der Waals surface area contributed by atoms with E-state index in [4.69, 9.17) is 4.74 Å². The number of hydrogen-bond donors (Lipinski definition) is 2. The molecule has 160 valence electrons. The van der Waals surface area contributed by atoms with Crippen LogP contribution in [0.15, 0.2) is 42.5 Å². The van der Waals surface area contributed by atoms with Crippen molar-refractivity contribution in [1.82, 2.24) is 15.6 Å². The van der Waals surface area contributed by atoms with E-state index < -0.39 is 6.04 Å². The van der Waals surface area contributed by atoms with Crippen molar-refractivity contribution in [2.45, 2.75) is 46.3 Å². The summed E-state index contributed by atoms with van der Waals surface area (Å²) in [5.74, 6) is 0.427. The van der Waals surface area contributed by atoms with Crippen LogP contribution in [0.3, 0.4) is 0 Å². The molecule has 0 unspecified atom stereocenters. The Labute approximate surface area is 182 Å². The summed E-state index contributed by atoms with van der Waals surface area (Å²) in [6.07, 6.45) is 0.585. The molecule has 1 aliphatic heterocycles. The van der Waals surface area contributed by atoms with Crippen LogP contribution in [0.2, 0.25) is 0 Å². The van der Waals surface area contributed by atoms with Crippen LogP contribution in [0.1, 0.15) is 30.7 Å². The SMILES string of the molecule is CC(=O)N[C@@H](C)C(=O)NC[C@H]1Cc2cc(C)cc(-c3ccc4nc(C)ccc4c3)c2O1. The topological polar surface area (TPSA) is 80.3 Å². The van der Waals surface area contributed by atoms with E-state index in [1.54, 1.807) is 6.92 Å². The molecular weight excluding hydrogens is 390 g/mol. The van der Waals surface area contributed by atoms with Crippen molar-refractivity contribution in [3.63, 3.8) is 0 Å². The molecule has 2 heterocycles. The van der Waals surface area contributed by atoms with Gasteiger partial charge in [0.25, 0.3) is 0 Å². The third kappa shape index (κ3) is 4.53. The Morgan fingerprint density at radius 2 is 1.97 bits per heavy atom. The maximum Gasteiger partial charge on any atom is 0.242 e. The lowest BCUT2D eigenvalue weighted by molar-refractivity contribution is -0.127. The number of rotatable bonds is 5. The fraction of sp³-hybridized carbons (Fsp3) is 0.320. The van der Waals surface area contributed by atoms with Crippen LogP contribution < -0.4 is 15.4 Å². The molecule has 31 heavy (non-hydrogen) atoms. The predicted molar refractivity (Wildman–Crippen MR) is 121 cm³/mol. The average Bonchev–Trinajstić information content (AvgIpc) is 3.13. The van der Waals surface area contributed by atoms with Crippen molar-refractivity contribution >= 4 is 22.7 Å². The van der Waals surface area contributed by atoms with E-state index in [0.717, 1.165) is 45.5 Å². The smallest absolute Gasteiger partial charge is 0.242 e. The van der Waals surface area contributed by atoms with Crippen molar-refractivity contribution in [3.05, 3.63) is 59.3 Å². The quantitative estimate of drug-likeness (QED) is 0.666. The van der Waals surface area contributed by atoms with Gasteiger partial charge < -0.3 is 15.4 Å². The van der Waals surface area contributed by atoms with Crippen LogP contribution >= 0.6 is 0 Å². The monoisotopic (exact) mass is 417 g/mol. The number of amides is 2. The van der Waals surface area contributed by atoms with Gasteiger partial charge in [0.1, 0.15) is 17.9 Å². The molecule has 0 radical (unpaired) electrons. The van der Waals surface area contributed by atoms with Gasteiger partial charge in [-0.1, -0.05) is 18.2 Å². The molecule has 2 atom stereocenters. The van der Waals surface area contributed by atoms with Gasteiger partial charge in [0.15, 0.2) is 0 Å². The van der Waals surface area contributed by atoms with Gasteiger partial charge in [-0.25, -0.2) is 0 Å². The standard InChI is InChI=1S/C25H27N3O3/c1-14-9-20-12-21(13-26-25(30)16(3)28-17(4)29)31-24(20)22(10-14)18-7-8-23-19(11-18)6-5-15(2)27-23/h5-11,16,21H,12-13H2,1-4H3,(H,26,30)(H,28,29)/t16-,21+/m0/s1. The molecule has 0 bridgehead atoms. The Bertz CT molecular complexity index is 1170. The minimum absolute atomic E-state index is 0.145. The lowest BCUT2D eigenvalue weighted by Gasteiger charge is -2.16. The third-order valence-corrected chi connectivity index (χ3v) is 5.50. The highest BCUT2D eigenvalue weighted by Crippen LogP contribution is 2.40. The first-order chi connectivity index (χ1) is 14.8. The van der Waals surface area contributed by atoms with Crippen molar-refractivity contribution in [2.75, 3.05) is 6.54 Å². The molecule has 0 spiro atoms. The Kier molecular flexibility index (Phi) is 5.63. The van der Waals surface area contributed by atoms with Gasteiger partial charge in [-0.2, -0.15) is 0 Å². The summed E-state index contributed by atoms with van der Waals surface area (Å²) in [5.41, 5.74) is 6.43. The number of carbonyl (C=O) groups is 2. The first kappa shape index (κ1) is 20.8. The summed E-state index contributed by atoms with van der Waals surface area (Å²) in [6, 6.07) is 14.1. The number of aromatic nitrogens is 1. The molecule has 0 saturated carbocycles. The van der Waals surface area contributed by atoms with Gasteiger partial charge in [0, 0.05) is 30.0 Å². The van der Waals surface area contributed by atoms with Gasteiger partial charge >= 0.3 is 0 Å². The van der Waals surface area contributed by atoms with Crippen LogP contribution in [-0.2, 0) is 16.0 Å². The zero-order chi connectivity index (χ0) is 22.1. The second-order valence-electron chi connectivity index (χ2n) is 8.27. The molecule has 2 N–H and O–H groups in total. The first-order valence-electron chi connectivity index (χ1n) is 10.5. The highest BCUT2D eigenvalue weighted by molar-refractivity contribution is 5.87. The molecule has 0 aliphatic carbocycles. The number of nitrogens with one attached hydrogen (secondary N) is 2. The van der Waals surface area contributed by atoms with E-state index in [9.17, 15) is 9.59 Å². The maximum absolute atomic E-state index is 12.2. The predicted octanol–water partition coefficient (Wildman–Crippen LogP) is 3.46. The second-order valence-corrected chi connectivity index (χ2v) is 8.27. The van der Waals surface area contributed by atoms with E-state index in [2.05, 4.69) is 52.9 Å². The number of benzene rings is 2. The number of nitrogens with zero attached hydrogens (tertiary/aromatic N) is 1. The van der Waals surface area contributed by atoms with E-state index >= 15 is 0 Å². The van der Waals surface area contributed by atoms with Crippen molar-refractivity contribution in [1.29, 1.82) is 0 Å². The molecular formula is C25H27N3O3. The van der Waals surface area contributed by atoms with Crippen LogP contribution in [0.5, 0.6) is 5.75 Å². The van der Waals surface area contributed by atoms with Crippen molar-refractivity contribution in [3.8, 4) is 16.9 Å².